The average molecular weight is 737 g/mol. The first-order valence-corrected chi connectivity index (χ1v) is 18.7. The predicted molar refractivity (Wildman–Crippen MR) is 201 cm³/mol. The van der Waals surface area contributed by atoms with Crippen molar-refractivity contribution in [3.8, 4) is 0 Å². The van der Waals surface area contributed by atoms with Crippen molar-refractivity contribution in [2.75, 3.05) is 33.8 Å². The van der Waals surface area contributed by atoms with Crippen molar-refractivity contribution in [1.82, 2.24) is 10.2 Å². The summed E-state index contributed by atoms with van der Waals surface area (Å²) in [6.45, 7) is 14.8. The van der Waals surface area contributed by atoms with Gasteiger partial charge >= 0.3 is 11.9 Å². The SMILES string of the molecule is CC(=O)O[C@@H]1[C@@H](OC(C)=O)[C@@]2(c3ccc(C)c(Cc4ccc(CCCC(=O)CC(C)(C)C(=O)NCCCN(C)C)cc4)c3)OC[C@](C(C)(C)O)(O2)[C@H]1C. The Balaban J connectivity index is 1.45. The van der Waals surface area contributed by atoms with Crippen LogP contribution < -0.4 is 5.32 Å². The molecular weight excluding hydrogens is 676 g/mol. The number of amides is 1. The van der Waals surface area contributed by atoms with Crippen molar-refractivity contribution in [2.24, 2.45) is 11.3 Å². The number of carbonyl (C=O) groups excluding carboxylic acids is 4. The fraction of sp³-hybridized carbons (Fsp3) is 0.619. The van der Waals surface area contributed by atoms with Crippen molar-refractivity contribution in [1.29, 1.82) is 0 Å². The van der Waals surface area contributed by atoms with E-state index in [1.54, 1.807) is 20.8 Å². The lowest BCUT2D eigenvalue weighted by atomic mass is 9.70. The maximum absolute atomic E-state index is 12.8. The van der Waals surface area contributed by atoms with Gasteiger partial charge in [-0.2, -0.15) is 0 Å². The summed E-state index contributed by atoms with van der Waals surface area (Å²) >= 11 is 0. The summed E-state index contributed by atoms with van der Waals surface area (Å²) in [4.78, 5) is 52.3. The lowest BCUT2D eigenvalue weighted by molar-refractivity contribution is -0.339. The minimum Gasteiger partial charge on any atom is -0.458 e. The van der Waals surface area contributed by atoms with Gasteiger partial charge in [0.25, 0.3) is 0 Å². The molecule has 1 amide bonds. The van der Waals surface area contributed by atoms with Crippen molar-refractivity contribution in [2.45, 2.75) is 123 Å². The van der Waals surface area contributed by atoms with Gasteiger partial charge in [-0.15, -0.1) is 0 Å². The number of nitrogens with one attached hydrogen (secondary N) is 1. The van der Waals surface area contributed by atoms with Crippen LogP contribution in [0.25, 0.3) is 0 Å². The molecule has 2 aromatic rings. The van der Waals surface area contributed by atoms with E-state index in [1.165, 1.54) is 13.8 Å². The molecule has 2 aliphatic heterocycles. The molecular formula is C42H60N2O9. The molecule has 0 spiro atoms. The molecule has 11 nitrogen and oxygen atoms in total. The van der Waals surface area contributed by atoms with Gasteiger partial charge in [0.05, 0.1) is 17.6 Å². The van der Waals surface area contributed by atoms with E-state index >= 15 is 0 Å². The van der Waals surface area contributed by atoms with E-state index in [0.717, 1.165) is 41.6 Å². The third-order valence-corrected chi connectivity index (χ3v) is 10.8. The van der Waals surface area contributed by atoms with Gasteiger partial charge in [0.1, 0.15) is 17.5 Å². The zero-order valence-electron chi connectivity index (χ0n) is 33.3. The van der Waals surface area contributed by atoms with Gasteiger partial charge in [-0.25, -0.2) is 0 Å². The van der Waals surface area contributed by atoms with Crippen LogP contribution in [0, 0.1) is 18.3 Å². The number of aryl methyl sites for hydroxylation is 2. The zero-order chi connectivity index (χ0) is 39.4. The first-order valence-electron chi connectivity index (χ1n) is 18.7. The highest BCUT2D eigenvalue weighted by Gasteiger charge is 2.72. The highest BCUT2D eigenvalue weighted by atomic mass is 16.8. The van der Waals surface area contributed by atoms with Gasteiger partial charge in [0.15, 0.2) is 6.10 Å². The lowest BCUT2D eigenvalue weighted by Crippen LogP contribution is -2.68. The summed E-state index contributed by atoms with van der Waals surface area (Å²) < 4.78 is 24.9. The molecule has 2 saturated heterocycles. The zero-order valence-corrected chi connectivity index (χ0v) is 33.3. The van der Waals surface area contributed by atoms with Gasteiger partial charge < -0.3 is 34.3 Å². The van der Waals surface area contributed by atoms with Gasteiger partial charge in [-0.1, -0.05) is 57.2 Å². The number of Topliss-reactive ketones (excluding diaryl/α,β-unsaturated/α-hetero) is 1. The first kappa shape index (κ1) is 42.1. The molecule has 292 valence electrons. The second kappa shape index (κ2) is 16.8. The summed E-state index contributed by atoms with van der Waals surface area (Å²) in [7, 11) is 4.00. The summed E-state index contributed by atoms with van der Waals surface area (Å²) in [6, 6.07) is 14.1. The Morgan fingerprint density at radius 3 is 2.21 bits per heavy atom. The van der Waals surface area contributed by atoms with Crippen LogP contribution in [0.2, 0.25) is 0 Å². The van der Waals surface area contributed by atoms with Crippen LogP contribution in [-0.4, -0.2) is 90.8 Å². The fourth-order valence-corrected chi connectivity index (χ4v) is 7.61. The van der Waals surface area contributed by atoms with Crippen molar-refractivity contribution >= 4 is 23.6 Å². The maximum Gasteiger partial charge on any atom is 0.303 e. The Morgan fingerprint density at radius 2 is 1.60 bits per heavy atom. The molecule has 2 fully saturated rings. The topological polar surface area (TPSA) is 141 Å². The minimum absolute atomic E-state index is 0.00610. The third-order valence-electron chi connectivity index (χ3n) is 10.8. The lowest BCUT2D eigenvalue weighted by Gasteiger charge is -2.53. The first-order chi connectivity index (χ1) is 24.7. The van der Waals surface area contributed by atoms with E-state index in [0.29, 0.717) is 31.4 Å². The monoisotopic (exact) mass is 736 g/mol. The standard InChI is InChI=1S/C42H60N2O9/c1-27-15-20-34(42-37(52-30(4)46)36(51-29(3)45)28(2)41(53-42,26-50-42)40(7,8)49)24-33(27)23-32-18-16-31(17-19-32)13-11-14-35(47)25-39(5,6)38(48)43-21-12-22-44(9)10/h15-20,24,28,36-37,49H,11-14,21-23,25-26H2,1-10H3,(H,43,48)/t28-,36-,37+,41-,42-/m0/s1. The normalized spacial score (nSPS) is 24.2. The van der Waals surface area contributed by atoms with Crippen molar-refractivity contribution < 1.29 is 43.2 Å². The van der Waals surface area contributed by atoms with E-state index in [9.17, 15) is 24.3 Å². The maximum atomic E-state index is 12.8. The Kier molecular flexibility index (Phi) is 13.3. The molecule has 2 aliphatic rings. The molecule has 0 unspecified atom stereocenters. The number of ether oxygens (including phenoxy) is 4. The molecule has 53 heavy (non-hydrogen) atoms. The van der Waals surface area contributed by atoms with E-state index < -0.39 is 52.5 Å². The highest BCUT2D eigenvalue weighted by molar-refractivity contribution is 5.89. The Bertz CT molecular complexity index is 1630. The van der Waals surface area contributed by atoms with Crippen LogP contribution in [0.3, 0.4) is 0 Å². The van der Waals surface area contributed by atoms with Crippen molar-refractivity contribution in [3.63, 3.8) is 0 Å². The number of hydrogen-bond acceptors (Lipinski definition) is 10. The number of fused-ring (bicyclic) bond motifs is 2. The molecule has 2 heterocycles. The molecule has 4 rings (SSSR count). The Hall–Kier alpha value is -3.64. The fourth-order valence-electron chi connectivity index (χ4n) is 7.61. The molecule has 2 N–H and O–H groups in total. The summed E-state index contributed by atoms with van der Waals surface area (Å²) in [6.07, 6.45) is 1.46. The van der Waals surface area contributed by atoms with Gasteiger partial charge in [0.2, 0.25) is 11.7 Å². The molecule has 2 aromatic carbocycles. The van der Waals surface area contributed by atoms with Crippen LogP contribution in [0.4, 0.5) is 0 Å². The van der Waals surface area contributed by atoms with Crippen LogP contribution in [0.1, 0.15) is 102 Å². The average Bonchev–Trinajstić information content (AvgIpc) is 3.45. The van der Waals surface area contributed by atoms with Crippen LogP contribution in [0.5, 0.6) is 0 Å². The predicted octanol–water partition coefficient (Wildman–Crippen LogP) is 5.18. The number of esters is 2. The second-order valence-corrected chi connectivity index (χ2v) is 16.4. The number of rotatable bonds is 17. The van der Waals surface area contributed by atoms with E-state index in [4.69, 9.17) is 18.9 Å². The molecule has 2 bridgehead atoms. The molecule has 0 aliphatic carbocycles. The Morgan fingerprint density at radius 1 is 0.962 bits per heavy atom. The number of ketones is 1. The number of nitrogens with zero attached hydrogens (tertiary/aromatic N) is 1. The van der Waals surface area contributed by atoms with Gasteiger partial charge in [-0.3, -0.25) is 19.2 Å². The molecule has 0 saturated carbocycles. The third kappa shape index (κ3) is 9.73. The molecule has 5 atom stereocenters. The second-order valence-electron chi connectivity index (χ2n) is 16.4. The van der Waals surface area contributed by atoms with E-state index in [-0.39, 0.29) is 24.7 Å². The summed E-state index contributed by atoms with van der Waals surface area (Å²) in [5.41, 5.74) is 1.42. The van der Waals surface area contributed by atoms with E-state index in [1.807, 2.05) is 53.1 Å². The highest BCUT2D eigenvalue weighted by Crippen LogP contribution is 2.57. The molecule has 0 aromatic heterocycles. The largest absolute Gasteiger partial charge is 0.458 e. The van der Waals surface area contributed by atoms with Crippen LogP contribution in [-0.2, 0) is 56.8 Å². The molecule has 0 radical (unpaired) electrons. The van der Waals surface area contributed by atoms with Gasteiger partial charge in [-0.05, 0) is 95.4 Å². The number of carbonyl (C=O) groups is 4. The summed E-state index contributed by atoms with van der Waals surface area (Å²) in [5, 5.41) is 14.4. The van der Waals surface area contributed by atoms with Crippen LogP contribution in [0.15, 0.2) is 42.5 Å². The smallest absolute Gasteiger partial charge is 0.303 e. The number of aliphatic hydroxyl groups is 1. The Labute approximate surface area is 315 Å². The minimum atomic E-state index is -1.63. The number of hydrogen-bond donors (Lipinski definition) is 2. The quantitative estimate of drug-likeness (QED) is 0.165. The number of benzene rings is 2. The van der Waals surface area contributed by atoms with Crippen molar-refractivity contribution in [3.05, 3.63) is 70.3 Å². The van der Waals surface area contributed by atoms with E-state index in [2.05, 4.69) is 34.5 Å². The molecule has 11 heteroatoms. The van der Waals surface area contributed by atoms with Crippen LogP contribution >= 0.6 is 0 Å². The van der Waals surface area contributed by atoms with Gasteiger partial charge in [0, 0.05) is 44.7 Å². The summed E-state index contributed by atoms with van der Waals surface area (Å²) in [5.74, 6) is -3.33.